The Morgan fingerprint density at radius 1 is 1.07 bits per heavy atom. The summed E-state index contributed by atoms with van der Waals surface area (Å²) in [6, 6.07) is 12.3. The van der Waals surface area contributed by atoms with E-state index < -0.39 is 0 Å². The highest BCUT2D eigenvalue weighted by Crippen LogP contribution is 2.28. The van der Waals surface area contributed by atoms with Gasteiger partial charge in [-0.25, -0.2) is 4.79 Å². The van der Waals surface area contributed by atoms with Gasteiger partial charge < -0.3 is 15.5 Å². The summed E-state index contributed by atoms with van der Waals surface area (Å²) in [4.78, 5) is 30.6. The number of benzene rings is 1. The van der Waals surface area contributed by atoms with Crippen LogP contribution < -0.4 is 10.6 Å². The Morgan fingerprint density at radius 2 is 1.86 bits per heavy atom. The molecule has 1 aliphatic heterocycles. The molecule has 1 aliphatic carbocycles. The van der Waals surface area contributed by atoms with Gasteiger partial charge in [-0.2, -0.15) is 0 Å². The normalized spacial score (nSPS) is 20.2. The van der Waals surface area contributed by atoms with Gasteiger partial charge in [0.05, 0.1) is 0 Å². The molecule has 0 radical (unpaired) electrons. The zero-order valence-electron chi connectivity index (χ0n) is 15.9. The molecule has 3 amide bonds. The molecule has 28 heavy (non-hydrogen) atoms. The summed E-state index contributed by atoms with van der Waals surface area (Å²) < 4.78 is 0. The fourth-order valence-corrected chi connectivity index (χ4v) is 3.87. The van der Waals surface area contributed by atoms with E-state index >= 15 is 0 Å². The maximum atomic E-state index is 12.4. The first-order valence-electron chi connectivity index (χ1n) is 9.98. The van der Waals surface area contributed by atoms with Gasteiger partial charge in [0.1, 0.15) is 0 Å². The van der Waals surface area contributed by atoms with Crippen LogP contribution >= 0.6 is 0 Å². The first kappa shape index (κ1) is 18.5. The Kier molecular flexibility index (Phi) is 5.55. The minimum atomic E-state index is -0.0529. The van der Waals surface area contributed by atoms with Crippen LogP contribution in [0.2, 0.25) is 0 Å². The highest BCUT2D eigenvalue weighted by molar-refractivity contribution is 5.80. The topological polar surface area (TPSA) is 74.3 Å². The van der Waals surface area contributed by atoms with Crippen molar-refractivity contribution < 1.29 is 9.59 Å². The molecule has 2 aliphatic rings. The highest BCUT2D eigenvalue weighted by Gasteiger charge is 2.36. The van der Waals surface area contributed by atoms with Crippen molar-refractivity contribution in [2.24, 2.45) is 5.92 Å². The zero-order valence-corrected chi connectivity index (χ0v) is 15.9. The molecule has 1 aromatic heterocycles. The molecular weight excluding hydrogens is 352 g/mol. The van der Waals surface area contributed by atoms with Crippen LogP contribution in [0.4, 0.5) is 4.79 Å². The van der Waals surface area contributed by atoms with E-state index in [1.807, 2.05) is 30.5 Å². The number of pyridine rings is 1. The Bertz CT molecular complexity index is 808. The maximum absolute atomic E-state index is 12.4. The van der Waals surface area contributed by atoms with Crippen molar-refractivity contribution in [3.05, 3.63) is 65.5 Å². The lowest BCUT2D eigenvalue weighted by Gasteiger charge is -2.35. The smallest absolute Gasteiger partial charge is 0.318 e. The van der Waals surface area contributed by atoms with Gasteiger partial charge in [0, 0.05) is 44.0 Å². The molecule has 2 aromatic rings. The number of nitrogens with zero attached hydrogens (tertiary/aromatic N) is 2. The first-order valence-corrected chi connectivity index (χ1v) is 9.98. The molecule has 146 valence electrons. The van der Waals surface area contributed by atoms with E-state index in [4.69, 9.17) is 0 Å². The lowest BCUT2D eigenvalue weighted by atomic mass is 9.79. The molecule has 0 saturated heterocycles. The summed E-state index contributed by atoms with van der Waals surface area (Å²) in [5, 5.41) is 6.08. The van der Waals surface area contributed by atoms with E-state index in [0.29, 0.717) is 19.6 Å². The van der Waals surface area contributed by atoms with Crippen LogP contribution in [0.15, 0.2) is 48.8 Å². The molecule has 0 bridgehead atoms. The van der Waals surface area contributed by atoms with E-state index in [1.165, 1.54) is 5.56 Å². The Morgan fingerprint density at radius 3 is 2.64 bits per heavy atom. The highest BCUT2D eigenvalue weighted by atomic mass is 16.2. The van der Waals surface area contributed by atoms with Crippen LogP contribution in [0.3, 0.4) is 0 Å². The fraction of sp³-hybridized carbons (Fsp3) is 0.409. The van der Waals surface area contributed by atoms with Crippen molar-refractivity contribution >= 4 is 11.9 Å². The second-order valence-corrected chi connectivity index (χ2v) is 7.70. The van der Waals surface area contributed by atoms with Crippen LogP contribution in [0.25, 0.3) is 0 Å². The second kappa shape index (κ2) is 8.42. The summed E-state index contributed by atoms with van der Waals surface area (Å²) in [6.45, 7) is 1.93. The van der Waals surface area contributed by atoms with Crippen molar-refractivity contribution in [3.63, 3.8) is 0 Å². The standard InChI is InChI=1S/C22H26N4O2/c27-21(24-9-4-7-16-5-2-1-3-6-16)18-11-20(12-18)25-22(28)26-14-17-8-10-23-13-19(17)15-26/h1-3,5-6,8,10,13,18,20H,4,7,9,11-12,14-15H2,(H,24,27)(H,25,28). The number of rotatable bonds is 6. The minimum absolute atomic E-state index is 0.0157. The molecular formula is C22H26N4O2. The number of carbonyl (C=O) groups excluding carboxylic acids is 2. The van der Waals surface area contributed by atoms with Gasteiger partial charge in [-0.05, 0) is 48.4 Å². The molecule has 4 rings (SSSR count). The van der Waals surface area contributed by atoms with Crippen LogP contribution in [0.5, 0.6) is 0 Å². The molecule has 2 heterocycles. The minimum Gasteiger partial charge on any atom is -0.356 e. The maximum Gasteiger partial charge on any atom is 0.318 e. The van der Waals surface area contributed by atoms with Crippen molar-refractivity contribution in [2.45, 2.75) is 44.8 Å². The van der Waals surface area contributed by atoms with Gasteiger partial charge in [0.15, 0.2) is 0 Å². The molecule has 6 nitrogen and oxygen atoms in total. The van der Waals surface area contributed by atoms with Gasteiger partial charge in [0.25, 0.3) is 0 Å². The summed E-state index contributed by atoms with van der Waals surface area (Å²) in [5.41, 5.74) is 3.56. The Labute approximate surface area is 165 Å². The number of aromatic nitrogens is 1. The first-order chi connectivity index (χ1) is 13.7. The van der Waals surface area contributed by atoms with Crippen molar-refractivity contribution in [1.29, 1.82) is 0 Å². The van der Waals surface area contributed by atoms with Crippen molar-refractivity contribution in [2.75, 3.05) is 6.54 Å². The number of hydrogen-bond acceptors (Lipinski definition) is 3. The summed E-state index contributed by atoms with van der Waals surface area (Å²) in [7, 11) is 0. The molecule has 0 unspecified atom stereocenters. The van der Waals surface area contributed by atoms with Crippen LogP contribution in [0, 0.1) is 5.92 Å². The number of nitrogens with one attached hydrogen (secondary N) is 2. The Hall–Kier alpha value is -2.89. The lowest BCUT2D eigenvalue weighted by molar-refractivity contribution is -0.128. The van der Waals surface area contributed by atoms with E-state index in [9.17, 15) is 9.59 Å². The average molecular weight is 378 g/mol. The van der Waals surface area contributed by atoms with Gasteiger partial charge >= 0.3 is 6.03 Å². The second-order valence-electron chi connectivity index (χ2n) is 7.70. The zero-order chi connectivity index (χ0) is 19.3. The van der Waals surface area contributed by atoms with E-state index in [1.54, 1.807) is 11.1 Å². The molecule has 0 atom stereocenters. The van der Waals surface area contributed by atoms with E-state index in [0.717, 1.165) is 36.8 Å². The third-order valence-corrected chi connectivity index (χ3v) is 5.63. The predicted molar refractivity (Wildman–Crippen MR) is 106 cm³/mol. The molecule has 1 aromatic carbocycles. The number of carbonyl (C=O) groups is 2. The van der Waals surface area contributed by atoms with Crippen LogP contribution in [0.1, 0.15) is 36.0 Å². The van der Waals surface area contributed by atoms with Crippen LogP contribution in [-0.4, -0.2) is 34.4 Å². The quantitative estimate of drug-likeness (QED) is 0.759. The predicted octanol–water partition coefficient (Wildman–Crippen LogP) is 2.63. The van der Waals surface area contributed by atoms with Gasteiger partial charge in [-0.1, -0.05) is 30.3 Å². The largest absolute Gasteiger partial charge is 0.356 e. The Balaban J connectivity index is 1.12. The lowest BCUT2D eigenvalue weighted by Crippen LogP contribution is -2.52. The van der Waals surface area contributed by atoms with E-state index in [2.05, 4.69) is 27.8 Å². The van der Waals surface area contributed by atoms with Crippen molar-refractivity contribution in [3.8, 4) is 0 Å². The molecule has 0 spiro atoms. The summed E-state index contributed by atoms with van der Waals surface area (Å²) in [6.07, 6.45) is 6.93. The van der Waals surface area contributed by atoms with Crippen molar-refractivity contribution in [1.82, 2.24) is 20.5 Å². The average Bonchev–Trinajstić information content (AvgIpc) is 3.12. The summed E-state index contributed by atoms with van der Waals surface area (Å²) in [5.74, 6) is 0.125. The number of fused-ring (bicyclic) bond motifs is 1. The number of amides is 3. The van der Waals surface area contributed by atoms with E-state index in [-0.39, 0.29) is 23.9 Å². The monoisotopic (exact) mass is 378 g/mol. The molecule has 1 saturated carbocycles. The molecule has 1 fully saturated rings. The number of hydrogen-bond donors (Lipinski definition) is 2. The van der Waals surface area contributed by atoms with Crippen LogP contribution in [-0.2, 0) is 24.3 Å². The van der Waals surface area contributed by atoms with Gasteiger partial charge in [0.2, 0.25) is 5.91 Å². The van der Waals surface area contributed by atoms with Gasteiger partial charge in [-0.15, -0.1) is 0 Å². The fourth-order valence-electron chi connectivity index (χ4n) is 3.87. The SMILES string of the molecule is O=C(NCCCc1ccccc1)C1CC(NC(=O)N2Cc3ccncc3C2)C1. The molecule has 6 heteroatoms. The molecule has 2 N–H and O–H groups in total. The number of urea groups is 1. The number of aryl methyl sites for hydroxylation is 1. The third-order valence-electron chi connectivity index (χ3n) is 5.63. The third kappa shape index (κ3) is 4.32. The van der Waals surface area contributed by atoms with Gasteiger partial charge in [-0.3, -0.25) is 9.78 Å². The summed E-state index contributed by atoms with van der Waals surface area (Å²) >= 11 is 0.